The molecule has 0 unspecified atom stereocenters. The molecule has 1 aliphatic rings. The SMILES string of the molecule is CN(C)c1nc(N2CCCCC2)ncc1NC(=O)c1ccccc1S(=O)(=O)C(F)F. The first-order valence-corrected chi connectivity index (χ1v) is 11.0. The fourth-order valence-electron chi connectivity index (χ4n) is 3.23. The van der Waals surface area contributed by atoms with Gasteiger partial charge in [0.2, 0.25) is 15.8 Å². The van der Waals surface area contributed by atoms with Gasteiger partial charge in [-0.3, -0.25) is 4.79 Å². The monoisotopic (exact) mass is 439 g/mol. The molecule has 0 saturated carbocycles. The van der Waals surface area contributed by atoms with Crippen LogP contribution in [0.15, 0.2) is 35.4 Å². The maximum atomic E-state index is 13.0. The topological polar surface area (TPSA) is 95.5 Å². The summed E-state index contributed by atoms with van der Waals surface area (Å²) in [4.78, 5) is 24.6. The number of nitrogens with zero attached hydrogens (tertiary/aromatic N) is 4. The average Bonchev–Trinajstić information content (AvgIpc) is 2.74. The Bertz CT molecular complexity index is 1020. The van der Waals surface area contributed by atoms with Crippen LogP contribution in [0.25, 0.3) is 0 Å². The quantitative estimate of drug-likeness (QED) is 0.739. The number of halogens is 2. The molecule has 0 atom stereocenters. The Balaban J connectivity index is 1.92. The van der Waals surface area contributed by atoms with Gasteiger partial charge in [0.15, 0.2) is 5.82 Å². The molecular weight excluding hydrogens is 416 g/mol. The fraction of sp³-hybridized carbons (Fsp3) is 0.421. The number of carbonyl (C=O) groups is 1. The highest BCUT2D eigenvalue weighted by molar-refractivity contribution is 7.91. The molecule has 0 radical (unpaired) electrons. The number of anilines is 3. The molecule has 1 N–H and O–H groups in total. The van der Waals surface area contributed by atoms with Crippen molar-refractivity contribution in [2.45, 2.75) is 29.9 Å². The van der Waals surface area contributed by atoms with Gasteiger partial charge in [-0.15, -0.1) is 0 Å². The van der Waals surface area contributed by atoms with Crippen LogP contribution < -0.4 is 15.1 Å². The van der Waals surface area contributed by atoms with E-state index >= 15 is 0 Å². The molecule has 0 bridgehead atoms. The van der Waals surface area contributed by atoms with Crippen LogP contribution in [0.3, 0.4) is 0 Å². The van der Waals surface area contributed by atoms with Gasteiger partial charge < -0.3 is 15.1 Å². The lowest BCUT2D eigenvalue weighted by Gasteiger charge is -2.28. The number of carbonyl (C=O) groups excluding carboxylic acids is 1. The molecule has 162 valence electrons. The summed E-state index contributed by atoms with van der Waals surface area (Å²) < 4.78 is 49.9. The van der Waals surface area contributed by atoms with Crippen molar-refractivity contribution >= 4 is 33.2 Å². The normalized spacial score (nSPS) is 14.6. The average molecular weight is 439 g/mol. The van der Waals surface area contributed by atoms with Crippen LogP contribution in [-0.4, -0.2) is 57.2 Å². The second kappa shape index (κ2) is 8.90. The number of hydrogen-bond donors (Lipinski definition) is 1. The van der Waals surface area contributed by atoms with E-state index in [0.717, 1.165) is 38.4 Å². The first-order valence-electron chi connectivity index (χ1n) is 9.43. The van der Waals surface area contributed by atoms with Crippen molar-refractivity contribution in [2.24, 2.45) is 0 Å². The number of rotatable bonds is 6. The third kappa shape index (κ3) is 4.50. The molecular formula is C19H23F2N5O3S. The van der Waals surface area contributed by atoms with E-state index in [2.05, 4.69) is 20.2 Å². The maximum Gasteiger partial charge on any atom is 0.341 e. The lowest BCUT2D eigenvalue weighted by Crippen LogP contribution is -2.31. The Labute approximate surface area is 173 Å². The van der Waals surface area contributed by atoms with Crippen molar-refractivity contribution in [2.75, 3.05) is 42.3 Å². The smallest absolute Gasteiger partial charge is 0.341 e. The fourth-order valence-corrected chi connectivity index (χ4v) is 4.15. The molecule has 1 fully saturated rings. The molecule has 1 aromatic carbocycles. The molecule has 30 heavy (non-hydrogen) atoms. The molecule has 2 aromatic rings. The summed E-state index contributed by atoms with van der Waals surface area (Å²) >= 11 is 0. The van der Waals surface area contributed by atoms with Crippen LogP contribution >= 0.6 is 0 Å². The van der Waals surface area contributed by atoms with Crippen LogP contribution in [0.2, 0.25) is 0 Å². The highest BCUT2D eigenvalue weighted by Gasteiger charge is 2.31. The first-order chi connectivity index (χ1) is 14.2. The lowest BCUT2D eigenvalue weighted by atomic mass is 10.1. The molecule has 0 aliphatic carbocycles. The zero-order chi connectivity index (χ0) is 21.9. The predicted molar refractivity (Wildman–Crippen MR) is 110 cm³/mol. The Morgan fingerprint density at radius 1 is 1.17 bits per heavy atom. The minimum Gasteiger partial charge on any atom is -0.361 e. The minimum absolute atomic E-state index is 0.245. The van der Waals surface area contributed by atoms with Crippen LogP contribution in [-0.2, 0) is 9.84 Å². The van der Waals surface area contributed by atoms with E-state index in [0.29, 0.717) is 11.8 Å². The minimum atomic E-state index is -4.94. The second-order valence-electron chi connectivity index (χ2n) is 7.11. The Morgan fingerprint density at radius 3 is 2.47 bits per heavy atom. The zero-order valence-corrected chi connectivity index (χ0v) is 17.5. The largest absolute Gasteiger partial charge is 0.361 e. The van der Waals surface area contributed by atoms with Gasteiger partial charge in [-0.2, -0.15) is 13.8 Å². The van der Waals surface area contributed by atoms with Gasteiger partial charge in [0.25, 0.3) is 5.91 Å². The molecule has 8 nitrogen and oxygen atoms in total. The number of sulfone groups is 1. The van der Waals surface area contributed by atoms with Gasteiger partial charge in [0, 0.05) is 27.2 Å². The zero-order valence-electron chi connectivity index (χ0n) is 16.7. The van der Waals surface area contributed by atoms with Gasteiger partial charge >= 0.3 is 5.76 Å². The molecule has 2 heterocycles. The standard InChI is InChI=1S/C19H23F2N5O3S/c1-25(2)16-14(12-22-19(24-16)26-10-6-3-7-11-26)23-17(27)13-8-4-5-9-15(13)30(28,29)18(20)21/h4-5,8-9,12,18H,3,6-7,10-11H2,1-2H3,(H,23,27). The molecule has 3 rings (SSSR count). The van der Waals surface area contributed by atoms with E-state index in [1.807, 2.05) is 0 Å². The number of aromatic nitrogens is 2. The van der Waals surface area contributed by atoms with E-state index in [-0.39, 0.29) is 11.3 Å². The highest BCUT2D eigenvalue weighted by Crippen LogP contribution is 2.27. The lowest BCUT2D eigenvalue weighted by molar-refractivity contribution is 0.102. The maximum absolute atomic E-state index is 13.0. The van der Waals surface area contributed by atoms with Crippen molar-refractivity contribution < 1.29 is 22.0 Å². The van der Waals surface area contributed by atoms with E-state index in [4.69, 9.17) is 0 Å². The van der Waals surface area contributed by atoms with E-state index in [1.54, 1.807) is 19.0 Å². The van der Waals surface area contributed by atoms with Crippen molar-refractivity contribution in [3.8, 4) is 0 Å². The van der Waals surface area contributed by atoms with E-state index < -0.39 is 26.4 Å². The van der Waals surface area contributed by atoms with E-state index in [9.17, 15) is 22.0 Å². The molecule has 1 aromatic heterocycles. The summed E-state index contributed by atoms with van der Waals surface area (Å²) in [7, 11) is -1.45. The highest BCUT2D eigenvalue weighted by atomic mass is 32.2. The summed E-state index contributed by atoms with van der Waals surface area (Å²) in [5.74, 6) is -3.51. The van der Waals surface area contributed by atoms with Gasteiger partial charge in [0.1, 0.15) is 5.69 Å². The van der Waals surface area contributed by atoms with Gasteiger partial charge in [-0.25, -0.2) is 13.4 Å². The van der Waals surface area contributed by atoms with Gasteiger partial charge in [0.05, 0.1) is 16.7 Å². The Hall–Kier alpha value is -2.82. The van der Waals surface area contributed by atoms with Crippen LogP contribution in [0.5, 0.6) is 0 Å². The summed E-state index contributed by atoms with van der Waals surface area (Å²) in [6.45, 7) is 1.69. The molecule has 1 saturated heterocycles. The van der Waals surface area contributed by atoms with Gasteiger partial charge in [-0.1, -0.05) is 12.1 Å². The third-order valence-electron chi connectivity index (χ3n) is 4.74. The second-order valence-corrected chi connectivity index (χ2v) is 8.99. The van der Waals surface area contributed by atoms with Crippen LogP contribution in [0, 0.1) is 0 Å². The van der Waals surface area contributed by atoms with Crippen molar-refractivity contribution in [3.63, 3.8) is 0 Å². The predicted octanol–water partition coefficient (Wildman–Crippen LogP) is 2.78. The first kappa shape index (κ1) is 21.9. The van der Waals surface area contributed by atoms with Crippen LogP contribution in [0.4, 0.5) is 26.2 Å². The number of alkyl halides is 2. The molecule has 1 amide bonds. The number of amides is 1. The number of benzene rings is 1. The number of nitrogens with one attached hydrogen (secondary N) is 1. The molecule has 1 aliphatic heterocycles. The molecule has 11 heteroatoms. The summed E-state index contributed by atoms with van der Waals surface area (Å²) in [5, 5.41) is 2.56. The molecule has 0 spiro atoms. The Morgan fingerprint density at radius 2 is 1.83 bits per heavy atom. The summed E-state index contributed by atoms with van der Waals surface area (Å²) in [6, 6.07) is 4.86. The number of hydrogen-bond acceptors (Lipinski definition) is 7. The number of piperidine rings is 1. The summed E-state index contributed by atoms with van der Waals surface area (Å²) in [6.07, 6.45) is 4.70. The van der Waals surface area contributed by atoms with Crippen molar-refractivity contribution in [1.82, 2.24) is 9.97 Å². The van der Waals surface area contributed by atoms with Crippen molar-refractivity contribution in [1.29, 1.82) is 0 Å². The third-order valence-corrected chi connectivity index (χ3v) is 6.18. The van der Waals surface area contributed by atoms with Gasteiger partial charge in [-0.05, 0) is 31.4 Å². The van der Waals surface area contributed by atoms with Crippen molar-refractivity contribution in [3.05, 3.63) is 36.0 Å². The Kier molecular flexibility index (Phi) is 6.49. The van der Waals surface area contributed by atoms with E-state index in [1.165, 1.54) is 24.4 Å². The van der Waals surface area contributed by atoms with Crippen LogP contribution in [0.1, 0.15) is 29.6 Å². The summed E-state index contributed by atoms with van der Waals surface area (Å²) in [5.41, 5.74) is -0.127.